The van der Waals surface area contributed by atoms with Crippen LogP contribution in [0.2, 0.25) is 0 Å². The molecule has 0 aromatic carbocycles. The molecule has 0 amide bonds. The zero-order valence-electron chi connectivity index (χ0n) is 12.4. The molecule has 0 rings (SSSR count). The molecule has 0 saturated carbocycles. The quantitative estimate of drug-likeness (QED) is 0.698. The monoisotopic (exact) mass is 248 g/mol. The summed E-state index contributed by atoms with van der Waals surface area (Å²) in [6.07, 6.45) is 1.06. The van der Waals surface area contributed by atoms with Gasteiger partial charge in [-0.3, -0.25) is 18.8 Å². The van der Waals surface area contributed by atoms with Crippen molar-refractivity contribution in [1.29, 1.82) is 0 Å². The largest absolute Gasteiger partial charge is 0.254 e. The molecule has 0 aliphatic heterocycles. The maximum atomic E-state index is 5.15. The standard InChI is InChI=1S/C11H29N4P/c1-10-11(2,3)12-16(13(4)5,14(6)7)15(8)9/h10H2,1-9H3. The molecule has 4 nitrogen and oxygen atoms in total. The van der Waals surface area contributed by atoms with Gasteiger partial charge in [0.1, 0.15) is 0 Å². The molecule has 98 valence electrons. The second kappa shape index (κ2) is 5.63. The molecule has 0 atom stereocenters. The first-order chi connectivity index (χ1) is 7.10. The summed E-state index contributed by atoms with van der Waals surface area (Å²) in [5.41, 5.74) is 0.0204. The fourth-order valence-corrected chi connectivity index (χ4v) is 5.33. The number of rotatable bonds is 5. The minimum absolute atomic E-state index is 0.0204. The Labute approximate surface area is 102 Å². The van der Waals surface area contributed by atoms with Gasteiger partial charge in [-0.15, -0.1) is 0 Å². The van der Waals surface area contributed by atoms with Gasteiger partial charge in [-0.05, 0) is 62.6 Å². The second-order valence-corrected chi connectivity index (χ2v) is 9.02. The van der Waals surface area contributed by atoms with Gasteiger partial charge in [-0.2, -0.15) is 0 Å². The summed E-state index contributed by atoms with van der Waals surface area (Å²) in [5, 5.41) is 0. The SMILES string of the molecule is CCC(C)(C)N=P(N(C)C)(N(C)C)N(C)C. The van der Waals surface area contributed by atoms with E-state index in [4.69, 9.17) is 4.74 Å². The van der Waals surface area contributed by atoms with Crippen LogP contribution in [0.5, 0.6) is 0 Å². The molecule has 0 aliphatic carbocycles. The molecular weight excluding hydrogens is 219 g/mol. The molecule has 0 fully saturated rings. The highest BCUT2D eigenvalue weighted by atomic mass is 31.2. The maximum Gasteiger partial charge on any atom is 0.166 e. The van der Waals surface area contributed by atoms with E-state index in [9.17, 15) is 0 Å². The van der Waals surface area contributed by atoms with Crippen LogP contribution in [0.1, 0.15) is 27.2 Å². The Kier molecular flexibility index (Phi) is 5.67. The van der Waals surface area contributed by atoms with Crippen LogP contribution < -0.4 is 0 Å². The molecular formula is C11H29N4P. The molecule has 0 spiro atoms. The first-order valence-corrected chi connectivity index (χ1v) is 7.37. The number of hydrogen-bond acceptors (Lipinski definition) is 1. The molecule has 5 heteroatoms. The molecule has 0 aliphatic rings. The molecule has 16 heavy (non-hydrogen) atoms. The van der Waals surface area contributed by atoms with E-state index < -0.39 is 7.51 Å². The van der Waals surface area contributed by atoms with Crippen LogP contribution >= 0.6 is 7.51 Å². The lowest BCUT2D eigenvalue weighted by Gasteiger charge is -2.43. The van der Waals surface area contributed by atoms with E-state index >= 15 is 0 Å². The van der Waals surface area contributed by atoms with Gasteiger partial charge in [0.2, 0.25) is 0 Å². The summed E-state index contributed by atoms with van der Waals surface area (Å²) in [4.78, 5) is 0. The van der Waals surface area contributed by atoms with Gasteiger partial charge in [-0.1, -0.05) is 6.92 Å². The molecule has 0 unspecified atom stereocenters. The van der Waals surface area contributed by atoms with Crippen LogP contribution in [-0.2, 0) is 0 Å². The minimum Gasteiger partial charge on any atom is -0.254 e. The summed E-state index contributed by atoms with van der Waals surface area (Å²) >= 11 is 0. The Morgan fingerprint density at radius 3 is 1.38 bits per heavy atom. The van der Waals surface area contributed by atoms with Crippen LogP contribution in [0.15, 0.2) is 4.74 Å². The molecule has 0 aromatic heterocycles. The summed E-state index contributed by atoms with van der Waals surface area (Å²) in [6, 6.07) is 0. The van der Waals surface area contributed by atoms with E-state index in [1.807, 2.05) is 0 Å². The van der Waals surface area contributed by atoms with Crippen molar-refractivity contribution >= 4 is 7.51 Å². The van der Waals surface area contributed by atoms with Crippen molar-refractivity contribution in [3.8, 4) is 0 Å². The normalized spacial score (nSPS) is 14.0. The first-order valence-electron chi connectivity index (χ1n) is 5.77. The van der Waals surface area contributed by atoms with Crippen molar-refractivity contribution < 1.29 is 0 Å². The lowest BCUT2D eigenvalue weighted by atomic mass is 10.1. The highest BCUT2D eigenvalue weighted by Gasteiger charge is 2.31. The van der Waals surface area contributed by atoms with Gasteiger partial charge in [0.15, 0.2) is 7.51 Å². The summed E-state index contributed by atoms with van der Waals surface area (Å²) in [7, 11) is 11.0. The Morgan fingerprint density at radius 1 is 0.875 bits per heavy atom. The minimum atomic E-state index is -1.73. The van der Waals surface area contributed by atoms with Crippen LogP contribution in [0.4, 0.5) is 0 Å². The average Bonchev–Trinajstić information content (AvgIpc) is 2.12. The Balaban J connectivity index is 5.72. The van der Waals surface area contributed by atoms with Gasteiger partial charge in [-0.25, -0.2) is 0 Å². The molecule has 0 N–H and O–H groups in total. The first kappa shape index (κ1) is 16.1. The number of hydrogen-bond donors (Lipinski definition) is 0. The van der Waals surface area contributed by atoms with E-state index in [2.05, 4.69) is 77.1 Å². The van der Waals surface area contributed by atoms with Crippen molar-refractivity contribution in [2.45, 2.75) is 32.7 Å². The number of nitrogens with zero attached hydrogens (tertiary/aromatic N) is 4. The van der Waals surface area contributed by atoms with Crippen LogP contribution in [0.25, 0.3) is 0 Å². The summed E-state index contributed by atoms with van der Waals surface area (Å²) in [5.74, 6) is 0. The molecule has 0 heterocycles. The predicted molar refractivity (Wildman–Crippen MR) is 74.8 cm³/mol. The predicted octanol–water partition coefficient (Wildman–Crippen LogP) is 2.81. The van der Waals surface area contributed by atoms with E-state index in [1.54, 1.807) is 0 Å². The van der Waals surface area contributed by atoms with E-state index in [1.165, 1.54) is 0 Å². The van der Waals surface area contributed by atoms with E-state index in [0.29, 0.717) is 0 Å². The lowest BCUT2D eigenvalue weighted by molar-refractivity contribution is 0.438. The van der Waals surface area contributed by atoms with Crippen molar-refractivity contribution in [2.75, 3.05) is 42.3 Å². The zero-order valence-corrected chi connectivity index (χ0v) is 13.3. The van der Waals surface area contributed by atoms with Crippen molar-refractivity contribution in [3.63, 3.8) is 0 Å². The fourth-order valence-electron chi connectivity index (χ4n) is 1.78. The third kappa shape index (κ3) is 3.30. The Hall–Kier alpha value is 0.110. The molecule has 0 aromatic rings. The Bertz CT molecular complexity index is 241. The van der Waals surface area contributed by atoms with Gasteiger partial charge >= 0.3 is 0 Å². The van der Waals surface area contributed by atoms with Gasteiger partial charge < -0.3 is 0 Å². The van der Waals surface area contributed by atoms with Crippen molar-refractivity contribution in [1.82, 2.24) is 14.0 Å². The third-order valence-electron chi connectivity index (χ3n) is 2.88. The average molecular weight is 248 g/mol. The van der Waals surface area contributed by atoms with Gasteiger partial charge in [0, 0.05) is 0 Å². The zero-order chi connectivity index (χ0) is 13.1. The fraction of sp³-hybridized carbons (Fsp3) is 1.00. The van der Waals surface area contributed by atoms with Crippen LogP contribution in [0.3, 0.4) is 0 Å². The topological polar surface area (TPSA) is 22.1 Å². The van der Waals surface area contributed by atoms with Gasteiger partial charge in [0.25, 0.3) is 0 Å². The highest BCUT2D eigenvalue weighted by molar-refractivity contribution is 7.59. The second-order valence-electron chi connectivity index (χ2n) is 5.34. The summed E-state index contributed by atoms with van der Waals surface area (Å²) < 4.78 is 11.9. The van der Waals surface area contributed by atoms with E-state index in [0.717, 1.165) is 6.42 Å². The highest BCUT2D eigenvalue weighted by Crippen LogP contribution is 2.56. The van der Waals surface area contributed by atoms with Crippen LogP contribution in [0, 0.1) is 0 Å². The smallest absolute Gasteiger partial charge is 0.166 e. The van der Waals surface area contributed by atoms with E-state index in [-0.39, 0.29) is 5.54 Å². The Morgan fingerprint density at radius 2 is 1.19 bits per heavy atom. The van der Waals surface area contributed by atoms with Crippen molar-refractivity contribution in [2.24, 2.45) is 4.74 Å². The molecule has 0 bridgehead atoms. The molecule has 0 saturated heterocycles. The summed E-state index contributed by atoms with van der Waals surface area (Å²) in [6.45, 7) is 6.61. The molecule has 0 radical (unpaired) electrons. The maximum absolute atomic E-state index is 5.15. The van der Waals surface area contributed by atoms with Crippen LogP contribution in [-0.4, -0.2) is 61.8 Å². The lowest BCUT2D eigenvalue weighted by Crippen LogP contribution is -2.33. The van der Waals surface area contributed by atoms with Crippen molar-refractivity contribution in [3.05, 3.63) is 0 Å². The van der Waals surface area contributed by atoms with Gasteiger partial charge in [0.05, 0.1) is 5.54 Å². The third-order valence-corrected chi connectivity index (χ3v) is 6.91.